The van der Waals surface area contributed by atoms with Gasteiger partial charge in [0.2, 0.25) is 0 Å². The molecule has 3 aromatic rings. The van der Waals surface area contributed by atoms with Crippen molar-refractivity contribution in [3.8, 4) is 0 Å². The maximum atomic E-state index is 14.7. The quantitative estimate of drug-likeness (QED) is 0.600. The lowest BCUT2D eigenvalue weighted by Crippen LogP contribution is -2.42. The van der Waals surface area contributed by atoms with Gasteiger partial charge in [-0.1, -0.05) is 36.7 Å². The summed E-state index contributed by atoms with van der Waals surface area (Å²) in [6, 6.07) is 7.65. The number of nitrogens with one attached hydrogen (secondary N) is 1. The molecule has 164 valence electrons. The Morgan fingerprint density at radius 1 is 1.26 bits per heavy atom. The Balaban J connectivity index is 1.41. The lowest BCUT2D eigenvalue weighted by atomic mass is 9.96. The average Bonchev–Trinajstić information content (AvgIpc) is 3.14. The first-order valence-corrected chi connectivity index (χ1v) is 11.2. The van der Waals surface area contributed by atoms with Crippen molar-refractivity contribution in [3.05, 3.63) is 52.8 Å². The maximum absolute atomic E-state index is 14.7. The van der Waals surface area contributed by atoms with Crippen LogP contribution in [0.25, 0.3) is 10.9 Å². The molecule has 0 saturated carbocycles. The molecule has 4 rings (SSSR count). The highest BCUT2D eigenvalue weighted by molar-refractivity contribution is 6.38. The number of benzene rings is 1. The van der Waals surface area contributed by atoms with Crippen LogP contribution in [0.15, 0.2) is 30.6 Å². The molecule has 8 heteroatoms. The molecule has 6 nitrogen and oxygen atoms in total. The summed E-state index contributed by atoms with van der Waals surface area (Å²) < 4.78 is 14.7. The van der Waals surface area contributed by atoms with Crippen LogP contribution in [0.5, 0.6) is 0 Å². The molecule has 0 unspecified atom stereocenters. The van der Waals surface area contributed by atoms with Crippen molar-refractivity contribution < 1.29 is 9.18 Å². The largest absolute Gasteiger partial charge is 0.354 e. The first kappa shape index (κ1) is 21.6. The molecule has 31 heavy (non-hydrogen) atoms. The van der Waals surface area contributed by atoms with Gasteiger partial charge in [-0.2, -0.15) is 0 Å². The van der Waals surface area contributed by atoms with E-state index in [1.54, 1.807) is 0 Å². The van der Waals surface area contributed by atoms with Gasteiger partial charge in [0, 0.05) is 37.1 Å². The van der Waals surface area contributed by atoms with Gasteiger partial charge in [-0.25, -0.2) is 14.4 Å². The number of fused-ring (bicyclic) bond motifs is 1. The van der Waals surface area contributed by atoms with Gasteiger partial charge in [0.05, 0.1) is 10.7 Å². The third kappa shape index (κ3) is 4.24. The molecule has 0 bridgehead atoms. The van der Waals surface area contributed by atoms with Crippen LogP contribution in [0, 0.1) is 11.7 Å². The second kappa shape index (κ2) is 9.22. The maximum Gasteiger partial charge on any atom is 0.271 e. The van der Waals surface area contributed by atoms with Crippen LogP contribution in [-0.4, -0.2) is 51.9 Å². The number of H-pyrrole nitrogens is 1. The summed E-state index contributed by atoms with van der Waals surface area (Å²) in [6.45, 7) is 6.57. The lowest BCUT2D eigenvalue weighted by Gasteiger charge is -2.35. The van der Waals surface area contributed by atoms with Gasteiger partial charge in [-0.3, -0.25) is 4.79 Å². The standard InChI is InChI=1S/C23H27ClFN5O/c1-3-17-20(25)22(27-14-26-17)29(4-2)13-15-9-11-30(12-10-15)23(31)21-19(24)16-7-5-6-8-18(16)28-21/h5-8,14-15,28H,3-4,9-13H2,1-2H3. The molecule has 1 aromatic carbocycles. The van der Waals surface area contributed by atoms with Crippen LogP contribution < -0.4 is 4.90 Å². The second-order valence-corrected chi connectivity index (χ2v) is 8.32. The van der Waals surface area contributed by atoms with E-state index in [1.807, 2.05) is 47.9 Å². The van der Waals surface area contributed by atoms with Crippen molar-refractivity contribution in [1.29, 1.82) is 0 Å². The van der Waals surface area contributed by atoms with E-state index >= 15 is 0 Å². The number of para-hydroxylation sites is 1. The zero-order valence-corrected chi connectivity index (χ0v) is 18.6. The summed E-state index contributed by atoms with van der Waals surface area (Å²) >= 11 is 6.46. The van der Waals surface area contributed by atoms with E-state index in [4.69, 9.17) is 11.6 Å². The van der Waals surface area contributed by atoms with Crippen LogP contribution in [0.1, 0.15) is 42.9 Å². The molecule has 0 atom stereocenters. The molecule has 2 aromatic heterocycles. The number of likely N-dealkylation sites (tertiary alicyclic amines) is 1. The van der Waals surface area contributed by atoms with Crippen molar-refractivity contribution >= 4 is 34.2 Å². The van der Waals surface area contributed by atoms with E-state index in [-0.39, 0.29) is 11.7 Å². The second-order valence-electron chi connectivity index (χ2n) is 7.95. The number of aromatic amines is 1. The Morgan fingerprint density at radius 3 is 2.68 bits per heavy atom. The number of halogens is 2. The van der Waals surface area contributed by atoms with Crippen molar-refractivity contribution in [2.24, 2.45) is 5.92 Å². The number of aryl methyl sites for hydroxylation is 1. The molecule has 1 saturated heterocycles. The Bertz CT molecular complexity index is 1080. The minimum atomic E-state index is -0.326. The summed E-state index contributed by atoms with van der Waals surface area (Å²) in [6.07, 6.45) is 3.68. The van der Waals surface area contributed by atoms with E-state index in [9.17, 15) is 9.18 Å². The number of hydrogen-bond donors (Lipinski definition) is 1. The summed E-state index contributed by atoms with van der Waals surface area (Å²) in [7, 11) is 0. The van der Waals surface area contributed by atoms with Crippen LogP contribution in [0.4, 0.5) is 10.2 Å². The lowest BCUT2D eigenvalue weighted by molar-refractivity contribution is 0.0688. The number of hydrogen-bond acceptors (Lipinski definition) is 4. The first-order valence-electron chi connectivity index (χ1n) is 10.8. The van der Waals surface area contributed by atoms with E-state index in [2.05, 4.69) is 15.0 Å². The van der Waals surface area contributed by atoms with Crippen molar-refractivity contribution in [2.75, 3.05) is 31.1 Å². The van der Waals surface area contributed by atoms with Crippen LogP contribution in [-0.2, 0) is 6.42 Å². The highest BCUT2D eigenvalue weighted by Gasteiger charge is 2.28. The summed E-state index contributed by atoms with van der Waals surface area (Å²) in [5, 5.41) is 1.34. The van der Waals surface area contributed by atoms with Crippen LogP contribution in [0.3, 0.4) is 0 Å². The number of amides is 1. The van der Waals surface area contributed by atoms with Gasteiger partial charge >= 0.3 is 0 Å². The van der Waals surface area contributed by atoms with Gasteiger partial charge in [-0.05, 0) is 38.2 Å². The third-order valence-corrected chi connectivity index (χ3v) is 6.49. The fourth-order valence-corrected chi connectivity index (χ4v) is 4.56. The number of piperidine rings is 1. The van der Waals surface area contributed by atoms with Gasteiger partial charge in [0.1, 0.15) is 12.0 Å². The Labute approximate surface area is 186 Å². The van der Waals surface area contributed by atoms with Gasteiger partial charge in [-0.15, -0.1) is 0 Å². The molecule has 0 aliphatic carbocycles. The molecular formula is C23H27ClFN5O. The molecule has 1 fully saturated rings. The van der Waals surface area contributed by atoms with Gasteiger partial charge < -0.3 is 14.8 Å². The van der Waals surface area contributed by atoms with E-state index in [0.29, 0.717) is 60.7 Å². The summed E-state index contributed by atoms with van der Waals surface area (Å²) in [4.78, 5) is 28.3. The van der Waals surface area contributed by atoms with Crippen molar-refractivity contribution in [2.45, 2.75) is 33.1 Å². The number of anilines is 1. The fraction of sp³-hybridized carbons (Fsp3) is 0.435. The number of carbonyl (C=O) groups excluding carboxylic acids is 1. The molecule has 1 aliphatic heterocycles. The Hall–Kier alpha value is -2.67. The number of aromatic nitrogens is 3. The zero-order valence-electron chi connectivity index (χ0n) is 17.9. The predicted molar refractivity (Wildman–Crippen MR) is 121 cm³/mol. The molecule has 0 spiro atoms. The van der Waals surface area contributed by atoms with E-state index in [0.717, 1.165) is 23.7 Å². The van der Waals surface area contributed by atoms with Crippen molar-refractivity contribution in [3.63, 3.8) is 0 Å². The van der Waals surface area contributed by atoms with E-state index < -0.39 is 0 Å². The molecule has 3 heterocycles. The van der Waals surface area contributed by atoms with Gasteiger partial charge in [0.15, 0.2) is 11.6 Å². The predicted octanol–water partition coefficient (Wildman–Crippen LogP) is 4.69. The zero-order chi connectivity index (χ0) is 22.0. The smallest absolute Gasteiger partial charge is 0.271 e. The van der Waals surface area contributed by atoms with E-state index in [1.165, 1.54) is 6.33 Å². The number of carbonyl (C=O) groups is 1. The average molecular weight is 444 g/mol. The summed E-state index contributed by atoms with van der Waals surface area (Å²) in [5.74, 6) is 0.341. The molecule has 1 amide bonds. The van der Waals surface area contributed by atoms with Crippen LogP contribution in [0.2, 0.25) is 5.02 Å². The molecule has 0 radical (unpaired) electrons. The minimum absolute atomic E-state index is 0.0681. The highest BCUT2D eigenvalue weighted by atomic mass is 35.5. The van der Waals surface area contributed by atoms with Gasteiger partial charge in [0.25, 0.3) is 5.91 Å². The monoisotopic (exact) mass is 443 g/mol. The van der Waals surface area contributed by atoms with Crippen LogP contribution >= 0.6 is 11.6 Å². The molecule has 1 aliphatic rings. The molecule has 1 N–H and O–H groups in total. The Kier molecular flexibility index (Phi) is 6.41. The highest BCUT2D eigenvalue weighted by Crippen LogP contribution is 2.30. The molecular weight excluding hydrogens is 417 g/mol. The topological polar surface area (TPSA) is 65.1 Å². The van der Waals surface area contributed by atoms with Crippen molar-refractivity contribution in [1.82, 2.24) is 19.9 Å². The Morgan fingerprint density at radius 2 is 2.00 bits per heavy atom. The first-order chi connectivity index (χ1) is 15.0. The minimum Gasteiger partial charge on any atom is -0.354 e. The number of rotatable bonds is 6. The summed E-state index contributed by atoms with van der Waals surface area (Å²) in [5.41, 5.74) is 1.76. The normalized spacial score (nSPS) is 14.9. The SMILES string of the molecule is CCc1ncnc(N(CC)CC2CCN(C(=O)c3[nH]c4ccccc4c3Cl)CC2)c1F. The third-order valence-electron chi connectivity index (χ3n) is 6.10. The fourth-order valence-electron chi connectivity index (χ4n) is 4.27. The number of nitrogens with zero attached hydrogens (tertiary/aromatic N) is 4.